The molecule has 1 aromatic carbocycles. The molecular weight excluding hydrogens is 318 g/mol. The Hall–Kier alpha value is -1.12. The van der Waals surface area contributed by atoms with Crippen molar-refractivity contribution in [2.24, 2.45) is 5.73 Å². The van der Waals surface area contributed by atoms with Gasteiger partial charge in [-0.05, 0) is 31.0 Å². The van der Waals surface area contributed by atoms with Gasteiger partial charge in [-0.3, -0.25) is 0 Å². The zero-order valence-electron chi connectivity index (χ0n) is 11.2. The normalized spacial score (nSPS) is 18.4. The van der Waals surface area contributed by atoms with Crippen LogP contribution in [0.25, 0.3) is 0 Å². The second kappa shape index (κ2) is 5.94. The molecule has 8 heteroatoms. The summed E-state index contributed by atoms with van der Waals surface area (Å²) in [5.74, 6) is -2.32. The van der Waals surface area contributed by atoms with Crippen molar-refractivity contribution in [3.05, 3.63) is 29.8 Å². The highest BCUT2D eigenvalue weighted by Crippen LogP contribution is 2.30. The molecular formula is C13H16F2N2O2S2. The van der Waals surface area contributed by atoms with E-state index in [1.165, 1.54) is 0 Å². The quantitative estimate of drug-likeness (QED) is 0.828. The number of halogens is 2. The van der Waals surface area contributed by atoms with Crippen LogP contribution in [0.1, 0.15) is 32.1 Å². The lowest BCUT2D eigenvalue weighted by Crippen LogP contribution is -2.57. The molecule has 1 aromatic rings. The predicted molar refractivity (Wildman–Crippen MR) is 79.3 cm³/mol. The third-order valence-electron chi connectivity index (χ3n) is 3.71. The first-order valence-corrected chi connectivity index (χ1v) is 8.45. The average molecular weight is 334 g/mol. The summed E-state index contributed by atoms with van der Waals surface area (Å²) in [6.07, 6.45) is 3.60. The topological polar surface area (TPSA) is 72.2 Å². The number of sulfonamides is 1. The average Bonchev–Trinajstić information content (AvgIpc) is 2.42. The standard InChI is InChI=1S/C13H16F2N2O2S2/c14-10-5-4-9(8-11(10)15)21(18,19)17-13(12(16)20)6-2-1-3-7-13/h4-5,8,17H,1-3,6-7H2,(H2,16,20). The molecule has 0 aromatic heterocycles. The Labute approximate surface area is 127 Å². The van der Waals surface area contributed by atoms with E-state index in [0.29, 0.717) is 18.9 Å². The summed E-state index contributed by atoms with van der Waals surface area (Å²) in [6, 6.07) is 2.43. The molecule has 4 nitrogen and oxygen atoms in total. The molecule has 116 valence electrons. The van der Waals surface area contributed by atoms with Crippen molar-refractivity contribution in [1.82, 2.24) is 4.72 Å². The predicted octanol–water partition coefficient (Wildman–Crippen LogP) is 2.23. The van der Waals surface area contributed by atoms with E-state index in [9.17, 15) is 17.2 Å². The summed E-state index contributed by atoms with van der Waals surface area (Å²) in [4.78, 5) is -0.268. The van der Waals surface area contributed by atoms with Crippen molar-refractivity contribution in [1.29, 1.82) is 0 Å². The van der Waals surface area contributed by atoms with Crippen molar-refractivity contribution in [3.63, 3.8) is 0 Å². The van der Waals surface area contributed by atoms with Crippen molar-refractivity contribution >= 4 is 27.2 Å². The third-order valence-corrected chi connectivity index (χ3v) is 5.63. The van der Waals surface area contributed by atoms with Crippen LogP contribution in [0.4, 0.5) is 8.78 Å². The molecule has 0 radical (unpaired) electrons. The maximum absolute atomic E-state index is 13.2. The van der Waals surface area contributed by atoms with E-state index in [1.54, 1.807) is 0 Å². The lowest BCUT2D eigenvalue weighted by molar-refractivity contribution is 0.353. The maximum Gasteiger partial charge on any atom is 0.241 e. The molecule has 1 fully saturated rings. The number of benzene rings is 1. The van der Waals surface area contributed by atoms with Gasteiger partial charge >= 0.3 is 0 Å². The van der Waals surface area contributed by atoms with Crippen LogP contribution in [0.2, 0.25) is 0 Å². The Morgan fingerprint density at radius 1 is 1.19 bits per heavy atom. The van der Waals surface area contributed by atoms with Gasteiger partial charge in [0.05, 0.1) is 15.4 Å². The summed E-state index contributed by atoms with van der Waals surface area (Å²) in [7, 11) is -4.03. The molecule has 0 bridgehead atoms. The minimum Gasteiger partial charge on any atom is -0.392 e. The first kappa shape index (κ1) is 16.3. The Bertz CT molecular complexity index is 656. The Morgan fingerprint density at radius 3 is 2.33 bits per heavy atom. The molecule has 0 atom stereocenters. The molecule has 0 aliphatic heterocycles. The fourth-order valence-electron chi connectivity index (χ4n) is 2.51. The summed E-state index contributed by atoms with van der Waals surface area (Å²) in [5.41, 5.74) is 4.72. The molecule has 3 N–H and O–H groups in total. The van der Waals surface area contributed by atoms with E-state index >= 15 is 0 Å². The number of rotatable bonds is 4. The van der Waals surface area contributed by atoms with Gasteiger partial charge in [-0.1, -0.05) is 31.5 Å². The van der Waals surface area contributed by atoms with Gasteiger partial charge in [0.25, 0.3) is 0 Å². The fourth-order valence-corrected chi connectivity index (χ4v) is 4.29. The Kier molecular flexibility index (Phi) is 4.60. The van der Waals surface area contributed by atoms with Gasteiger partial charge in [0.1, 0.15) is 0 Å². The highest BCUT2D eigenvalue weighted by molar-refractivity contribution is 7.89. The van der Waals surface area contributed by atoms with Crippen molar-refractivity contribution < 1.29 is 17.2 Å². The highest BCUT2D eigenvalue weighted by Gasteiger charge is 2.39. The molecule has 2 rings (SSSR count). The van der Waals surface area contributed by atoms with Gasteiger partial charge in [-0.2, -0.15) is 4.72 Å². The monoisotopic (exact) mass is 334 g/mol. The fraction of sp³-hybridized carbons (Fsp3) is 0.462. The summed E-state index contributed by atoms with van der Waals surface area (Å²) in [5, 5.41) is 0. The van der Waals surface area contributed by atoms with Gasteiger partial charge < -0.3 is 5.73 Å². The minimum absolute atomic E-state index is 0.0772. The number of hydrogen-bond acceptors (Lipinski definition) is 3. The zero-order valence-corrected chi connectivity index (χ0v) is 12.9. The second-order valence-electron chi connectivity index (χ2n) is 5.19. The maximum atomic E-state index is 13.2. The molecule has 0 unspecified atom stereocenters. The van der Waals surface area contributed by atoms with E-state index in [-0.39, 0.29) is 9.88 Å². The molecule has 1 aliphatic rings. The van der Waals surface area contributed by atoms with Crippen LogP contribution >= 0.6 is 12.2 Å². The molecule has 21 heavy (non-hydrogen) atoms. The minimum atomic E-state index is -4.03. The molecule has 1 saturated carbocycles. The van der Waals surface area contributed by atoms with Crippen LogP contribution < -0.4 is 10.5 Å². The van der Waals surface area contributed by atoms with E-state index in [1.807, 2.05) is 0 Å². The van der Waals surface area contributed by atoms with Crippen molar-refractivity contribution in [2.75, 3.05) is 0 Å². The highest BCUT2D eigenvalue weighted by atomic mass is 32.2. The first-order chi connectivity index (χ1) is 9.77. The molecule has 0 amide bonds. The van der Waals surface area contributed by atoms with Crippen molar-refractivity contribution in [3.8, 4) is 0 Å². The second-order valence-corrected chi connectivity index (χ2v) is 7.31. The molecule has 0 saturated heterocycles. The summed E-state index contributed by atoms with van der Waals surface area (Å²) >= 11 is 5.01. The van der Waals surface area contributed by atoms with Crippen LogP contribution in [0.3, 0.4) is 0 Å². The zero-order chi connectivity index (χ0) is 15.7. The first-order valence-electron chi connectivity index (χ1n) is 6.56. The van der Waals surface area contributed by atoms with Gasteiger partial charge in [-0.25, -0.2) is 17.2 Å². The van der Waals surface area contributed by atoms with E-state index in [0.717, 1.165) is 31.4 Å². The van der Waals surface area contributed by atoms with E-state index < -0.39 is 27.2 Å². The summed E-state index contributed by atoms with van der Waals surface area (Å²) < 4.78 is 53.3. The lowest BCUT2D eigenvalue weighted by atomic mass is 9.82. The lowest BCUT2D eigenvalue weighted by Gasteiger charge is -2.36. The number of nitrogens with one attached hydrogen (secondary N) is 1. The van der Waals surface area contributed by atoms with Crippen LogP contribution in [0, 0.1) is 11.6 Å². The van der Waals surface area contributed by atoms with E-state index in [4.69, 9.17) is 18.0 Å². The summed E-state index contributed by atoms with van der Waals surface area (Å²) in [6.45, 7) is 0. The van der Waals surface area contributed by atoms with Crippen LogP contribution in [0.5, 0.6) is 0 Å². The van der Waals surface area contributed by atoms with Crippen LogP contribution in [-0.4, -0.2) is 18.9 Å². The SMILES string of the molecule is NC(=S)C1(NS(=O)(=O)c2ccc(F)c(F)c2)CCCCC1. The van der Waals surface area contributed by atoms with Crippen LogP contribution in [0.15, 0.2) is 23.1 Å². The van der Waals surface area contributed by atoms with Crippen molar-refractivity contribution in [2.45, 2.75) is 42.5 Å². The smallest absolute Gasteiger partial charge is 0.241 e. The Morgan fingerprint density at radius 2 is 1.81 bits per heavy atom. The Balaban J connectivity index is 2.34. The van der Waals surface area contributed by atoms with Gasteiger partial charge in [0, 0.05) is 0 Å². The van der Waals surface area contributed by atoms with Crippen LogP contribution in [-0.2, 0) is 10.0 Å². The third kappa shape index (κ3) is 3.38. The molecule has 0 spiro atoms. The number of thiocarbonyl (C=S) groups is 1. The largest absolute Gasteiger partial charge is 0.392 e. The molecule has 0 heterocycles. The number of nitrogens with two attached hydrogens (primary N) is 1. The molecule has 1 aliphatic carbocycles. The number of hydrogen-bond donors (Lipinski definition) is 2. The van der Waals surface area contributed by atoms with Gasteiger partial charge in [0.2, 0.25) is 10.0 Å². The van der Waals surface area contributed by atoms with Gasteiger partial charge in [-0.15, -0.1) is 0 Å². The van der Waals surface area contributed by atoms with E-state index in [2.05, 4.69) is 4.72 Å². The van der Waals surface area contributed by atoms with Gasteiger partial charge in [0.15, 0.2) is 11.6 Å².